The highest BCUT2D eigenvalue weighted by atomic mass is 32.1. The standard InChI is InChI=1S/C17H14N4O3S/c1-10-13(25-16(21-10)15-19-6-3-7-20-15)17(23)24-9-11-4-2-5-12(8-11)14(18)22/h2-8H,9H2,1H3,(H2,18,22). The van der Waals surface area contributed by atoms with E-state index in [1.807, 2.05) is 0 Å². The van der Waals surface area contributed by atoms with Crippen LogP contribution in [0.2, 0.25) is 0 Å². The first-order valence-corrected chi connectivity index (χ1v) is 8.17. The molecule has 0 saturated carbocycles. The lowest BCUT2D eigenvalue weighted by molar-refractivity contribution is 0.0477. The average molecular weight is 354 g/mol. The molecule has 0 spiro atoms. The van der Waals surface area contributed by atoms with E-state index in [1.165, 1.54) is 11.3 Å². The molecule has 25 heavy (non-hydrogen) atoms. The molecular weight excluding hydrogens is 340 g/mol. The summed E-state index contributed by atoms with van der Waals surface area (Å²) in [6.07, 6.45) is 3.23. The summed E-state index contributed by atoms with van der Waals surface area (Å²) in [7, 11) is 0. The van der Waals surface area contributed by atoms with E-state index in [0.717, 1.165) is 0 Å². The Balaban J connectivity index is 1.73. The highest BCUT2D eigenvalue weighted by Crippen LogP contribution is 2.26. The Morgan fingerprint density at radius 1 is 1.20 bits per heavy atom. The first-order chi connectivity index (χ1) is 12.0. The molecule has 0 aliphatic carbocycles. The summed E-state index contributed by atoms with van der Waals surface area (Å²) in [4.78, 5) is 36.5. The number of rotatable bonds is 5. The van der Waals surface area contributed by atoms with E-state index < -0.39 is 11.9 Å². The second-order valence-corrected chi connectivity index (χ2v) is 6.15. The third-order valence-corrected chi connectivity index (χ3v) is 4.45. The maximum atomic E-state index is 12.3. The van der Waals surface area contributed by atoms with Crippen LogP contribution in [0.1, 0.15) is 31.3 Å². The zero-order chi connectivity index (χ0) is 17.8. The Morgan fingerprint density at radius 2 is 1.96 bits per heavy atom. The summed E-state index contributed by atoms with van der Waals surface area (Å²) < 4.78 is 5.32. The van der Waals surface area contributed by atoms with Crippen molar-refractivity contribution in [3.63, 3.8) is 0 Å². The number of benzene rings is 1. The summed E-state index contributed by atoms with van der Waals surface area (Å²) in [6, 6.07) is 8.35. The van der Waals surface area contributed by atoms with E-state index in [1.54, 1.807) is 49.6 Å². The summed E-state index contributed by atoms with van der Waals surface area (Å²) in [5.41, 5.74) is 6.85. The molecule has 2 heterocycles. The van der Waals surface area contributed by atoms with Gasteiger partial charge in [0.2, 0.25) is 5.91 Å². The third-order valence-electron chi connectivity index (χ3n) is 3.32. The van der Waals surface area contributed by atoms with Crippen LogP contribution >= 0.6 is 11.3 Å². The summed E-state index contributed by atoms with van der Waals surface area (Å²) in [5.74, 6) is -0.551. The number of aryl methyl sites for hydroxylation is 1. The quantitative estimate of drug-likeness (QED) is 0.705. The first-order valence-electron chi connectivity index (χ1n) is 7.35. The molecule has 7 nitrogen and oxygen atoms in total. The van der Waals surface area contributed by atoms with Crippen molar-refractivity contribution in [1.82, 2.24) is 15.0 Å². The molecule has 0 bridgehead atoms. The fourth-order valence-electron chi connectivity index (χ4n) is 2.12. The average Bonchev–Trinajstić information content (AvgIpc) is 3.02. The second-order valence-electron chi connectivity index (χ2n) is 5.15. The number of carbonyl (C=O) groups excluding carboxylic acids is 2. The molecule has 2 aromatic heterocycles. The van der Waals surface area contributed by atoms with E-state index in [9.17, 15) is 9.59 Å². The fraction of sp³-hybridized carbons (Fsp3) is 0.118. The smallest absolute Gasteiger partial charge is 0.350 e. The van der Waals surface area contributed by atoms with E-state index in [0.29, 0.717) is 32.5 Å². The third kappa shape index (κ3) is 3.86. The number of amides is 1. The van der Waals surface area contributed by atoms with Crippen molar-refractivity contribution < 1.29 is 14.3 Å². The first kappa shape index (κ1) is 16.7. The Hall–Kier alpha value is -3.13. The molecular formula is C17H14N4O3S. The van der Waals surface area contributed by atoms with Crippen LogP contribution in [0.3, 0.4) is 0 Å². The van der Waals surface area contributed by atoms with Crippen LogP contribution in [-0.2, 0) is 11.3 Å². The molecule has 1 aromatic carbocycles. The van der Waals surface area contributed by atoms with Gasteiger partial charge in [0.05, 0.1) is 5.69 Å². The molecule has 0 radical (unpaired) electrons. The molecule has 0 aliphatic rings. The van der Waals surface area contributed by atoms with Crippen molar-refractivity contribution in [3.05, 3.63) is 64.4 Å². The van der Waals surface area contributed by atoms with Gasteiger partial charge in [-0.1, -0.05) is 12.1 Å². The van der Waals surface area contributed by atoms with Crippen LogP contribution in [0.4, 0.5) is 0 Å². The Morgan fingerprint density at radius 3 is 2.68 bits per heavy atom. The molecule has 0 fully saturated rings. The molecule has 0 unspecified atom stereocenters. The van der Waals surface area contributed by atoms with E-state index in [-0.39, 0.29) is 6.61 Å². The van der Waals surface area contributed by atoms with Crippen LogP contribution in [0.15, 0.2) is 42.7 Å². The molecule has 0 atom stereocenters. The minimum atomic E-state index is -0.529. The molecule has 0 aliphatic heterocycles. The van der Waals surface area contributed by atoms with Crippen LogP contribution < -0.4 is 5.73 Å². The molecule has 2 N–H and O–H groups in total. The van der Waals surface area contributed by atoms with Crippen LogP contribution in [0.5, 0.6) is 0 Å². The van der Waals surface area contributed by atoms with Gasteiger partial charge in [-0.3, -0.25) is 4.79 Å². The number of primary amides is 1. The number of hydrogen-bond acceptors (Lipinski definition) is 7. The number of nitrogens with zero attached hydrogens (tertiary/aromatic N) is 3. The van der Waals surface area contributed by atoms with Gasteiger partial charge in [0.1, 0.15) is 11.5 Å². The highest BCUT2D eigenvalue weighted by molar-refractivity contribution is 7.16. The molecule has 8 heteroatoms. The van der Waals surface area contributed by atoms with Crippen molar-refractivity contribution in [1.29, 1.82) is 0 Å². The number of hydrogen-bond donors (Lipinski definition) is 1. The SMILES string of the molecule is Cc1nc(-c2ncccn2)sc1C(=O)OCc1cccc(C(N)=O)c1. The number of thiazole rings is 1. The predicted octanol–water partition coefficient (Wildman–Crippen LogP) is 2.36. The maximum absolute atomic E-state index is 12.3. The molecule has 3 rings (SSSR count). The van der Waals surface area contributed by atoms with Gasteiger partial charge in [-0.25, -0.2) is 19.7 Å². The van der Waals surface area contributed by atoms with Gasteiger partial charge in [0.15, 0.2) is 10.8 Å². The summed E-state index contributed by atoms with van der Waals surface area (Å²) >= 11 is 1.18. The molecule has 0 saturated heterocycles. The number of nitrogens with two attached hydrogens (primary N) is 1. The lowest BCUT2D eigenvalue weighted by Gasteiger charge is -2.05. The van der Waals surface area contributed by atoms with Crippen LogP contribution in [0.25, 0.3) is 10.8 Å². The van der Waals surface area contributed by atoms with Crippen molar-refractivity contribution >= 4 is 23.2 Å². The van der Waals surface area contributed by atoms with E-state index in [2.05, 4.69) is 15.0 Å². The van der Waals surface area contributed by atoms with Gasteiger partial charge < -0.3 is 10.5 Å². The van der Waals surface area contributed by atoms with Gasteiger partial charge in [-0.2, -0.15) is 0 Å². The summed E-state index contributed by atoms with van der Waals surface area (Å²) in [6.45, 7) is 1.77. The Kier molecular flexibility index (Phi) is 4.80. The topological polar surface area (TPSA) is 108 Å². The largest absolute Gasteiger partial charge is 0.457 e. The number of carbonyl (C=O) groups is 2. The second kappa shape index (κ2) is 7.18. The van der Waals surface area contributed by atoms with Gasteiger partial charge in [-0.15, -0.1) is 11.3 Å². The van der Waals surface area contributed by atoms with Crippen molar-refractivity contribution in [2.75, 3.05) is 0 Å². The number of aromatic nitrogens is 3. The van der Waals surface area contributed by atoms with Gasteiger partial charge >= 0.3 is 5.97 Å². The number of ether oxygens (including phenoxy) is 1. The zero-order valence-electron chi connectivity index (χ0n) is 13.3. The molecule has 3 aromatic rings. The van der Waals surface area contributed by atoms with Gasteiger partial charge in [-0.05, 0) is 30.7 Å². The summed E-state index contributed by atoms with van der Waals surface area (Å²) in [5, 5.41) is 0.556. The van der Waals surface area contributed by atoms with Gasteiger partial charge in [0, 0.05) is 18.0 Å². The zero-order valence-corrected chi connectivity index (χ0v) is 14.1. The van der Waals surface area contributed by atoms with Crippen LogP contribution in [0, 0.1) is 6.92 Å². The number of esters is 1. The lowest BCUT2D eigenvalue weighted by Crippen LogP contribution is -2.11. The highest BCUT2D eigenvalue weighted by Gasteiger charge is 2.18. The van der Waals surface area contributed by atoms with Crippen LogP contribution in [-0.4, -0.2) is 26.8 Å². The minimum Gasteiger partial charge on any atom is -0.457 e. The van der Waals surface area contributed by atoms with Gasteiger partial charge in [0.25, 0.3) is 0 Å². The van der Waals surface area contributed by atoms with Crippen molar-refractivity contribution in [3.8, 4) is 10.8 Å². The van der Waals surface area contributed by atoms with E-state index >= 15 is 0 Å². The fourth-order valence-corrected chi connectivity index (χ4v) is 3.03. The van der Waals surface area contributed by atoms with Crippen molar-refractivity contribution in [2.24, 2.45) is 5.73 Å². The van der Waals surface area contributed by atoms with E-state index in [4.69, 9.17) is 10.5 Å². The predicted molar refractivity (Wildman–Crippen MR) is 92.0 cm³/mol. The molecule has 1 amide bonds. The lowest BCUT2D eigenvalue weighted by atomic mass is 10.1. The Labute approximate surface area is 147 Å². The molecule has 126 valence electrons. The minimum absolute atomic E-state index is 0.0362. The Bertz CT molecular complexity index is 925. The maximum Gasteiger partial charge on any atom is 0.350 e. The normalized spacial score (nSPS) is 10.4. The van der Waals surface area contributed by atoms with Crippen molar-refractivity contribution in [2.45, 2.75) is 13.5 Å². The monoisotopic (exact) mass is 354 g/mol.